The Bertz CT molecular complexity index is 778. The van der Waals surface area contributed by atoms with Crippen molar-refractivity contribution < 1.29 is 0 Å². The molecule has 2 aromatic heterocycles. The van der Waals surface area contributed by atoms with Crippen LogP contribution in [0.15, 0.2) is 53.9 Å². The smallest absolute Gasteiger partial charge is 0.209 e. The van der Waals surface area contributed by atoms with Crippen LogP contribution in [0.2, 0.25) is 0 Å². The fraction of sp³-hybridized carbons (Fsp3) is 0.421. The Hall–Kier alpha value is -2.08. The molecule has 0 atom stereocenters. The van der Waals surface area contributed by atoms with Crippen molar-refractivity contribution in [2.75, 3.05) is 5.75 Å². The maximum Gasteiger partial charge on any atom is 0.209 e. The zero-order valence-corrected chi connectivity index (χ0v) is 15.1. The lowest BCUT2D eigenvalue weighted by Gasteiger charge is -2.03. The number of hydrogen-bond acceptors (Lipinski definition) is 4. The lowest BCUT2D eigenvalue weighted by molar-refractivity contribution is 0.554. The first-order chi connectivity index (χ1) is 12.4. The molecule has 0 saturated heterocycles. The molecule has 25 heavy (non-hydrogen) atoms. The number of aromatic nitrogens is 5. The molecule has 3 aromatic rings. The van der Waals surface area contributed by atoms with Gasteiger partial charge in [-0.15, -0.1) is 5.10 Å². The molecular formula is C19H23N5S. The molecule has 6 heteroatoms. The third-order valence-corrected chi connectivity index (χ3v) is 5.30. The Morgan fingerprint density at radius 2 is 1.92 bits per heavy atom. The summed E-state index contributed by atoms with van der Waals surface area (Å²) in [4.78, 5) is 4.81. The fourth-order valence-electron chi connectivity index (χ4n) is 2.88. The van der Waals surface area contributed by atoms with Gasteiger partial charge < -0.3 is 0 Å². The summed E-state index contributed by atoms with van der Waals surface area (Å²) in [6.07, 6.45) is 9.90. The molecule has 1 saturated carbocycles. The number of aryl methyl sites for hydroxylation is 1. The van der Waals surface area contributed by atoms with Crippen LogP contribution >= 0.6 is 11.8 Å². The second-order valence-corrected chi connectivity index (χ2v) is 7.51. The second-order valence-electron chi connectivity index (χ2n) is 6.45. The molecule has 0 radical (unpaired) electrons. The quantitative estimate of drug-likeness (QED) is 0.425. The van der Waals surface area contributed by atoms with Gasteiger partial charge in [-0.2, -0.15) is 5.10 Å². The molecule has 0 aliphatic heterocycles. The molecular weight excluding hydrogens is 330 g/mol. The minimum atomic E-state index is 0.594. The molecule has 0 unspecified atom stereocenters. The molecule has 4 rings (SSSR count). The van der Waals surface area contributed by atoms with Crippen LogP contribution in [0.5, 0.6) is 0 Å². The molecule has 1 aromatic carbocycles. The lowest BCUT2D eigenvalue weighted by Crippen LogP contribution is -2.01. The summed E-state index contributed by atoms with van der Waals surface area (Å²) in [5.74, 6) is 2.80. The molecule has 2 heterocycles. The van der Waals surface area contributed by atoms with Gasteiger partial charge in [-0.05, 0) is 43.9 Å². The van der Waals surface area contributed by atoms with Gasteiger partial charge in [0.2, 0.25) is 5.16 Å². The van der Waals surface area contributed by atoms with Gasteiger partial charge in [0.15, 0.2) is 0 Å². The van der Waals surface area contributed by atoms with Gasteiger partial charge in [0.05, 0.1) is 5.69 Å². The van der Waals surface area contributed by atoms with Crippen LogP contribution in [0, 0.1) is 0 Å². The Balaban J connectivity index is 1.29. The maximum atomic E-state index is 4.81. The highest BCUT2D eigenvalue weighted by molar-refractivity contribution is 7.99. The summed E-state index contributed by atoms with van der Waals surface area (Å²) in [6.45, 7) is 1.00. The van der Waals surface area contributed by atoms with Crippen molar-refractivity contribution in [3.05, 3.63) is 54.6 Å². The van der Waals surface area contributed by atoms with Gasteiger partial charge >= 0.3 is 0 Å². The first-order valence-corrected chi connectivity index (χ1v) is 10.0. The van der Waals surface area contributed by atoms with E-state index in [9.17, 15) is 0 Å². The van der Waals surface area contributed by atoms with E-state index in [-0.39, 0.29) is 0 Å². The first kappa shape index (κ1) is 16.4. The molecule has 1 fully saturated rings. The largest absolute Gasteiger partial charge is 0.273 e. The minimum Gasteiger partial charge on any atom is -0.273 e. The summed E-state index contributed by atoms with van der Waals surface area (Å²) in [6, 6.07) is 12.3. The molecule has 5 nitrogen and oxygen atoms in total. The van der Waals surface area contributed by atoms with Gasteiger partial charge in [0.1, 0.15) is 5.82 Å². The number of thioether (sulfide) groups is 1. The molecule has 130 valence electrons. The topological polar surface area (TPSA) is 48.5 Å². The Kier molecular flexibility index (Phi) is 5.16. The van der Waals surface area contributed by atoms with Crippen LogP contribution in [-0.4, -0.2) is 30.3 Å². The molecule has 0 bridgehead atoms. The Labute approximate surface area is 152 Å². The van der Waals surface area contributed by atoms with E-state index in [1.54, 1.807) is 11.8 Å². The molecule has 1 aliphatic rings. The van der Waals surface area contributed by atoms with Crippen LogP contribution in [0.25, 0.3) is 5.69 Å². The predicted molar refractivity (Wildman–Crippen MR) is 100 cm³/mol. The van der Waals surface area contributed by atoms with E-state index in [4.69, 9.17) is 10.1 Å². The number of hydrogen-bond donors (Lipinski definition) is 0. The summed E-state index contributed by atoms with van der Waals surface area (Å²) < 4.78 is 4.04. The minimum absolute atomic E-state index is 0.594. The van der Waals surface area contributed by atoms with Crippen LogP contribution in [0.1, 0.15) is 43.8 Å². The van der Waals surface area contributed by atoms with Crippen LogP contribution in [-0.2, 0) is 6.54 Å². The van der Waals surface area contributed by atoms with Crippen molar-refractivity contribution in [1.29, 1.82) is 0 Å². The zero-order valence-electron chi connectivity index (χ0n) is 14.3. The highest BCUT2D eigenvalue weighted by atomic mass is 32.2. The van der Waals surface area contributed by atoms with E-state index in [0.717, 1.165) is 29.0 Å². The van der Waals surface area contributed by atoms with Crippen molar-refractivity contribution in [1.82, 2.24) is 24.5 Å². The third-order valence-electron chi connectivity index (χ3n) is 4.38. The summed E-state index contributed by atoms with van der Waals surface area (Å²) in [5, 5.41) is 9.90. The highest BCUT2D eigenvalue weighted by Crippen LogP contribution is 2.40. The van der Waals surface area contributed by atoms with Gasteiger partial charge in [-0.1, -0.05) is 36.4 Å². The van der Waals surface area contributed by atoms with Crippen molar-refractivity contribution in [2.45, 2.75) is 49.7 Å². The highest BCUT2D eigenvalue weighted by Gasteiger charge is 2.30. The van der Waals surface area contributed by atoms with E-state index in [2.05, 4.69) is 29.4 Å². The zero-order chi connectivity index (χ0) is 16.9. The Morgan fingerprint density at radius 1 is 1.04 bits per heavy atom. The molecule has 0 amide bonds. The molecule has 0 spiro atoms. The second kappa shape index (κ2) is 7.87. The monoisotopic (exact) mass is 353 g/mol. The predicted octanol–water partition coefficient (Wildman–Crippen LogP) is 4.30. The number of nitrogens with zero attached hydrogens (tertiary/aromatic N) is 5. The van der Waals surface area contributed by atoms with E-state index >= 15 is 0 Å². The standard InChI is InChI=1S/C19H23N5S/c1-3-8-17(9-4-1)24-18(16-10-11-16)21-19(22-24)25-15-6-2-5-13-23-14-7-12-20-23/h1,3-4,7-9,12,14,16H,2,5-6,10-11,13,15H2. The van der Waals surface area contributed by atoms with Crippen molar-refractivity contribution in [3.8, 4) is 5.69 Å². The first-order valence-electron chi connectivity index (χ1n) is 9.03. The van der Waals surface area contributed by atoms with Crippen LogP contribution in [0.4, 0.5) is 0 Å². The van der Waals surface area contributed by atoms with E-state index < -0.39 is 0 Å². The average Bonchev–Trinajstić information content (AvgIpc) is 3.19. The Morgan fingerprint density at radius 3 is 2.68 bits per heavy atom. The van der Waals surface area contributed by atoms with Crippen molar-refractivity contribution in [3.63, 3.8) is 0 Å². The fourth-order valence-corrected chi connectivity index (χ4v) is 3.71. The van der Waals surface area contributed by atoms with Gasteiger partial charge in [-0.25, -0.2) is 9.67 Å². The molecule has 1 aliphatic carbocycles. The number of unbranched alkanes of at least 4 members (excludes halogenated alkanes) is 2. The summed E-state index contributed by atoms with van der Waals surface area (Å²) >= 11 is 1.78. The van der Waals surface area contributed by atoms with Gasteiger partial charge in [0.25, 0.3) is 0 Å². The number of benzene rings is 1. The normalized spacial score (nSPS) is 14.1. The van der Waals surface area contributed by atoms with Crippen molar-refractivity contribution >= 4 is 11.8 Å². The van der Waals surface area contributed by atoms with E-state index in [1.165, 1.54) is 32.1 Å². The summed E-state index contributed by atoms with van der Waals surface area (Å²) in [5.41, 5.74) is 1.11. The lowest BCUT2D eigenvalue weighted by atomic mass is 10.2. The van der Waals surface area contributed by atoms with E-state index in [0.29, 0.717) is 5.92 Å². The maximum absolute atomic E-state index is 4.81. The van der Waals surface area contributed by atoms with Crippen molar-refractivity contribution in [2.24, 2.45) is 0 Å². The molecule has 0 N–H and O–H groups in total. The van der Waals surface area contributed by atoms with Crippen LogP contribution in [0.3, 0.4) is 0 Å². The third kappa shape index (κ3) is 4.31. The van der Waals surface area contributed by atoms with Crippen LogP contribution < -0.4 is 0 Å². The van der Waals surface area contributed by atoms with Gasteiger partial charge in [0, 0.05) is 30.6 Å². The number of rotatable bonds is 9. The van der Waals surface area contributed by atoms with E-state index in [1.807, 2.05) is 33.9 Å². The van der Waals surface area contributed by atoms with Gasteiger partial charge in [-0.3, -0.25) is 4.68 Å². The average molecular weight is 353 g/mol. The number of para-hydroxylation sites is 1. The SMILES string of the molecule is c1ccc(-n2nc(SCCCCCn3cccn3)nc2C2CC2)cc1. The summed E-state index contributed by atoms with van der Waals surface area (Å²) in [7, 11) is 0.